The van der Waals surface area contributed by atoms with Crippen molar-refractivity contribution in [2.75, 3.05) is 0 Å². The van der Waals surface area contributed by atoms with Crippen molar-refractivity contribution in [3.8, 4) is 11.5 Å². The number of pyridine rings is 1. The van der Waals surface area contributed by atoms with Crippen LogP contribution in [0.4, 0.5) is 0 Å². The molecular formula is C20H12ClN3O. The minimum Gasteiger partial charge on any atom is -0.289 e. The summed E-state index contributed by atoms with van der Waals surface area (Å²) in [6.45, 7) is 0. The zero-order valence-electron chi connectivity index (χ0n) is 13.1. The van der Waals surface area contributed by atoms with Crippen LogP contribution < -0.4 is 0 Å². The van der Waals surface area contributed by atoms with Crippen molar-refractivity contribution in [1.82, 2.24) is 15.0 Å². The lowest BCUT2D eigenvalue weighted by Crippen LogP contribution is -2.06. The summed E-state index contributed by atoms with van der Waals surface area (Å²) in [4.78, 5) is 26.1. The van der Waals surface area contributed by atoms with Crippen molar-refractivity contribution >= 4 is 28.3 Å². The summed E-state index contributed by atoms with van der Waals surface area (Å²) in [5.41, 5.74) is 2.16. The van der Waals surface area contributed by atoms with E-state index in [0.717, 1.165) is 5.39 Å². The summed E-state index contributed by atoms with van der Waals surface area (Å²) in [6.07, 6.45) is 1.61. The fourth-order valence-electron chi connectivity index (χ4n) is 2.66. The lowest BCUT2D eigenvalue weighted by atomic mass is 10.0. The Morgan fingerprint density at radius 3 is 2.44 bits per heavy atom. The molecule has 0 N–H and O–H groups in total. The number of rotatable bonds is 3. The summed E-state index contributed by atoms with van der Waals surface area (Å²) < 4.78 is 0. The highest BCUT2D eigenvalue weighted by atomic mass is 35.5. The first-order chi connectivity index (χ1) is 12.2. The van der Waals surface area contributed by atoms with E-state index in [-0.39, 0.29) is 5.78 Å². The van der Waals surface area contributed by atoms with Gasteiger partial charge in [0.1, 0.15) is 10.8 Å². The summed E-state index contributed by atoms with van der Waals surface area (Å²) in [5, 5.41) is 1.10. The molecule has 25 heavy (non-hydrogen) atoms. The van der Waals surface area contributed by atoms with Gasteiger partial charge in [-0.3, -0.25) is 9.78 Å². The van der Waals surface area contributed by atoms with Crippen LogP contribution in [0.15, 0.2) is 72.9 Å². The molecule has 0 saturated carbocycles. The topological polar surface area (TPSA) is 55.7 Å². The third-order valence-electron chi connectivity index (χ3n) is 3.86. The quantitative estimate of drug-likeness (QED) is 0.403. The van der Waals surface area contributed by atoms with Crippen molar-refractivity contribution in [3.05, 3.63) is 89.2 Å². The summed E-state index contributed by atoms with van der Waals surface area (Å²) >= 11 is 6.30. The van der Waals surface area contributed by atoms with E-state index in [1.54, 1.807) is 30.5 Å². The highest BCUT2D eigenvalue weighted by Crippen LogP contribution is 2.26. The van der Waals surface area contributed by atoms with Crippen LogP contribution in [0, 0.1) is 0 Å². The summed E-state index contributed by atoms with van der Waals surface area (Å²) in [7, 11) is 0. The number of carbonyl (C=O) groups excluding carboxylic acids is 1. The molecule has 0 spiro atoms. The number of carbonyl (C=O) groups is 1. The number of benzene rings is 2. The third-order valence-corrected chi connectivity index (χ3v) is 4.14. The maximum atomic E-state index is 12.9. The Morgan fingerprint density at radius 2 is 1.60 bits per heavy atom. The van der Waals surface area contributed by atoms with Crippen LogP contribution in [0.5, 0.6) is 0 Å². The van der Waals surface area contributed by atoms with Gasteiger partial charge in [0.05, 0.1) is 11.1 Å². The number of ketones is 1. The monoisotopic (exact) mass is 345 g/mol. The van der Waals surface area contributed by atoms with Gasteiger partial charge in [-0.1, -0.05) is 54.1 Å². The first kappa shape index (κ1) is 15.4. The van der Waals surface area contributed by atoms with E-state index in [2.05, 4.69) is 15.0 Å². The molecule has 0 fully saturated rings. The first-order valence-corrected chi connectivity index (χ1v) is 8.09. The van der Waals surface area contributed by atoms with Gasteiger partial charge in [-0.15, -0.1) is 0 Å². The Balaban J connectivity index is 1.89. The highest BCUT2D eigenvalue weighted by molar-refractivity contribution is 6.34. The van der Waals surface area contributed by atoms with Crippen LogP contribution in [0.2, 0.25) is 5.15 Å². The van der Waals surface area contributed by atoms with Crippen LogP contribution in [-0.4, -0.2) is 20.7 Å². The molecule has 4 nitrogen and oxygen atoms in total. The summed E-state index contributed by atoms with van der Waals surface area (Å²) in [6, 6.07) is 20.0. The van der Waals surface area contributed by atoms with E-state index in [4.69, 9.17) is 11.6 Å². The number of fused-ring (bicyclic) bond motifs is 1. The Labute approximate surface area is 149 Å². The molecule has 4 rings (SSSR count). The van der Waals surface area contributed by atoms with Gasteiger partial charge < -0.3 is 0 Å². The predicted molar refractivity (Wildman–Crippen MR) is 97.7 cm³/mol. The number of aromatic nitrogens is 3. The smallest absolute Gasteiger partial charge is 0.195 e. The van der Waals surface area contributed by atoms with Crippen molar-refractivity contribution < 1.29 is 4.79 Å². The average molecular weight is 346 g/mol. The fourth-order valence-corrected chi connectivity index (χ4v) is 2.90. The molecule has 2 aromatic carbocycles. The second-order valence-corrected chi connectivity index (χ2v) is 5.81. The maximum Gasteiger partial charge on any atom is 0.195 e. The van der Waals surface area contributed by atoms with Crippen LogP contribution in [0.25, 0.3) is 22.4 Å². The van der Waals surface area contributed by atoms with Crippen LogP contribution in [0.1, 0.15) is 15.9 Å². The van der Waals surface area contributed by atoms with E-state index >= 15 is 0 Å². The zero-order valence-corrected chi connectivity index (χ0v) is 13.8. The van der Waals surface area contributed by atoms with Crippen molar-refractivity contribution in [2.45, 2.75) is 0 Å². The molecule has 2 heterocycles. The Morgan fingerprint density at radius 1 is 0.840 bits per heavy atom. The molecule has 0 aliphatic heterocycles. The third kappa shape index (κ3) is 2.88. The molecule has 0 bridgehead atoms. The van der Waals surface area contributed by atoms with E-state index in [1.807, 2.05) is 42.5 Å². The molecule has 0 amide bonds. The molecule has 0 radical (unpaired) electrons. The molecule has 0 aliphatic carbocycles. The van der Waals surface area contributed by atoms with Crippen LogP contribution >= 0.6 is 11.6 Å². The van der Waals surface area contributed by atoms with Crippen molar-refractivity contribution in [2.24, 2.45) is 0 Å². The lowest BCUT2D eigenvalue weighted by Gasteiger charge is -2.08. The molecule has 120 valence electrons. The largest absolute Gasteiger partial charge is 0.289 e. The molecule has 4 aromatic rings. The standard InChI is InChI=1S/C20H12ClN3O/c21-19-14-9-4-5-11-16(14)23-20(24-19)17-15(10-6-12-22-17)18(25)13-7-2-1-3-8-13/h1-12H. The Bertz CT molecular complexity index is 1080. The minimum absolute atomic E-state index is 0.128. The van der Waals surface area contributed by atoms with E-state index in [0.29, 0.717) is 33.3 Å². The average Bonchev–Trinajstić information content (AvgIpc) is 2.68. The number of nitrogens with zero attached hydrogens (tertiary/aromatic N) is 3. The van der Waals surface area contributed by atoms with Crippen LogP contribution in [0.3, 0.4) is 0 Å². The maximum absolute atomic E-state index is 12.9. The van der Waals surface area contributed by atoms with E-state index in [9.17, 15) is 4.79 Å². The number of halogens is 1. The van der Waals surface area contributed by atoms with Gasteiger partial charge in [-0.25, -0.2) is 9.97 Å². The van der Waals surface area contributed by atoms with Gasteiger partial charge in [0.25, 0.3) is 0 Å². The Hall–Kier alpha value is -3.11. The molecule has 0 saturated heterocycles. The molecule has 0 atom stereocenters. The van der Waals surface area contributed by atoms with E-state index in [1.165, 1.54) is 0 Å². The lowest BCUT2D eigenvalue weighted by molar-refractivity contribution is 0.103. The molecular weight excluding hydrogens is 334 g/mol. The molecule has 0 aliphatic rings. The number of hydrogen-bond donors (Lipinski definition) is 0. The SMILES string of the molecule is O=C(c1ccccc1)c1cccnc1-c1nc(Cl)c2ccccc2n1. The first-order valence-electron chi connectivity index (χ1n) is 7.71. The highest BCUT2D eigenvalue weighted by Gasteiger charge is 2.18. The molecule has 2 aromatic heterocycles. The van der Waals surface area contributed by atoms with Gasteiger partial charge in [0, 0.05) is 17.1 Å². The normalized spacial score (nSPS) is 10.8. The van der Waals surface area contributed by atoms with Gasteiger partial charge in [-0.05, 0) is 24.3 Å². The Kier molecular flexibility index (Phi) is 3.96. The van der Waals surface area contributed by atoms with Gasteiger partial charge >= 0.3 is 0 Å². The number of hydrogen-bond acceptors (Lipinski definition) is 4. The summed E-state index contributed by atoms with van der Waals surface area (Å²) in [5.74, 6) is 0.208. The van der Waals surface area contributed by atoms with E-state index < -0.39 is 0 Å². The molecule has 0 unspecified atom stereocenters. The fraction of sp³-hybridized carbons (Fsp3) is 0. The second kappa shape index (κ2) is 6.42. The number of para-hydroxylation sites is 1. The minimum atomic E-state index is -0.128. The molecule has 5 heteroatoms. The van der Waals surface area contributed by atoms with Crippen molar-refractivity contribution in [1.29, 1.82) is 0 Å². The van der Waals surface area contributed by atoms with Gasteiger partial charge in [0.15, 0.2) is 11.6 Å². The van der Waals surface area contributed by atoms with Gasteiger partial charge in [0.2, 0.25) is 0 Å². The van der Waals surface area contributed by atoms with Gasteiger partial charge in [-0.2, -0.15) is 0 Å². The zero-order chi connectivity index (χ0) is 17.2. The second-order valence-electron chi connectivity index (χ2n) is 5.45. The predicted octanol–water partition coefficient (Wildman–Crippen LogP) is 4.58. The van der Waals surface area contributed by atoms with Crippen LogP contribution in [-0.2, 0) is 0 Å². The van der Waals surface area contributed by atoms with Crippen molar-refractivity contribution in [3.63, 3.8) is 0 Å².